The van der Waals surface area contributed by atoms with E-state index in [-0.39, 0.29) is 5.91 Å². The molecule has 0 aromatic rings. The molecule has 0 bridgehead atoms. The van der Waals surface area contributed by atoms with Crippen LogP contribution in [0.3, 0.4) is 0 Å². The Kier molecular flexibility index (Phi) is 5.65. The van der Waals surface area contributed by atoms with Gasteiger partial charge in [-0.25, -0.2) is 0 Å². The van der Waals surface area contributed by atoms with Gasteiger partial charge in [0.1, 0.15) is 0 Å². The second-order valence-corrected chi connectivity index (χ2v) is 4.44. The van der Waals surface area contributed by atoms with Crippen LogP contribution in [0.4, 0.5) is 0 Å². The molecule has 1 amide bonds. The van der Waals surface area contributed by atoms with Crippen molar-refractivity contribution < 1.29 is 4.79 Å². The fourth-order valence-corrected chi connectivity index (χ4v) is 1.49. The summed E-state index contributed by atoms with van der Waals surface area (Å²) in [5.41, 5.74) is 0. The quantitative estimate of drug-likeness (QED) is 0.560. The molecular formula is C11H23N3O. The summed E-state index contributed by atoms with van der Waals surface area (Å²) in [6.45, 7) is 3.38. The molecule has 4 heteroatoms. The molecule has 1 saturated carbocycles. The Bertz CT molecular complexity index is 192. The summed E-state index contributed by atoms with van der Waals surface area (Å²) in [6, 6.07) is 0. The largest absolute Gasteiger partial charge is 0.355 e. The van der Waals surface area contributed by atoms with Crippen LogP contribution in [0.25, 0.3) is 0 Å². The molecule has 1 rings (SSSR count). The van der Waals surface area contributed by atoms with Gasteiger partial charge in [-0.05, 0) is 52.4 Å². The number of likely N-dealkylation sites (N-methyl/N-ethyl adjacent to an activating group) is 1. The number of rotatable bonds is 8. The minimum atomic E-state index is 0.161. The first-order valence-electron chi connectivity index (χ1n) is 5.82. The van der Waals surface area contributed by atoms with Crippen molar-refractivity contribution in [3.63, 3.8) is 0 Å². The molecule has 0 atom stereocenters. The minimum absolute atomic E-state index is 0.161. The lowest BCUT2D eigenvalue weighted by atomic mass is 10.3. The normalized spacial score (nSPS) is 15.7. The van der Waals surface area contributed by atoms with Crippen molar-refractivity contribution in [2.24, 2.45) is 5.92 Å². The molecule has 4 nitrogen and oxygen atoms in total. The van der Waals surface area contributed by atoms with Crippen LogP contribution >= 0.6 is 0 Å². The Balaban J connectivity index is 1.96. The van der Waals surface area contributed by atoms with Gasteiger partial charge in [-0.2, -0.15) is 0 Å². The maximum Gasteiger partial charge on any atom is 0.234 e. The highest BCUT2D eigenvalue weighted by molar-refractivity contribution is 5.77. The zero-order valence-electron chi connectivity index (χ0n) is 9.88. The van der Waals surface area contributed by atoms with E-state index in [4.69, 9.17) is 0 Å². The lowest BCUT2D eigenvalue weighted by molar-refractivity contribution is -0.122. The van der Waals surface area contributed by atoms with Crippen molar-refractivity contribution in [2.75, 3.05) is 40.3 Å². The molecule has 88 valence electrons. The Labute approximate surface area is 92.4 Å². The molecule has 0 spiro atoms. The van der Waals surface area contributed by atoms with Crippen LogP contribution in [0.15, 0.2) is 0 Å². The highest BCUT2D eigenvalue weighted by Gasteiger charge is 2.21. The van der Waals surface area contributed by atoms with Gasteiger partial charge in [0.2, 0.25) is 5.91 Å². The predicted molar refractivity (Wildman–Crippen MR) is 61.8 cm³/mol. The van der Waals surface area contributed by atoms with Gasteiger partial charge >= 0.3 is 0 Å². The van der Waals surface area contributed by atoms with Crippen LogP contribution in [0, 0.1) is 5.92 Å². The first-order valence-corrected chi connectivity index (χ1v) is 5.82. The number of hydrogen-bond donors (Lipinski definition) is 2. The van der Waals surface area contributed by atoms with E-state index >= 15 is 0 Å². The number of carbonyl (C=O) groups excluding carboxylic acids is 1. The molecule has 0 unspecified atom stereocenters. The van der Waals surface area contributed by atoms with Crippen molar-refractivity contribution >= 4 is 5.91 Å². The van der Waals surface area contributed by atoms with E-state index in [0.717, 1.165) is 32.0 Å². The van der Waals surface area contributed by atoms with Crippen molar-refractivity contribution in [3.05, 3.63) is 0 Å². The highest BCUT2D eigenvalue weighted by Crippen LogP contribution is 2.27. The van der Waals surface area contributed by atoms with E-state index in [1.54, 1.807) is 0 Å². The van der Waals surface area contributed by atoms with Crippen LogP contribution in [-0.4, -0.2) is 51.1 Å². The summed E-state index contributed by atoms with van der Waals surface area (Å²) in [7, 11) is 3.94. The van der Waals surface area contributed by atoms with E-state index in [1.165, 1.54) is 12.8 Å². The number of carbonyl (C=O) groups is 1. The van der Waals surface area contributed by atoms with Gasteiger partial charge < -0.3 is 10.6 Å². The van der Waals surface area contributed by atoms with Crippen LogP contribution in [0.2, 0.25) is 0 Å². The zero-order valence-corrected chi connectivity index (χ0v) is 9.88. The SMILES string of the molecule is CNCCCN(C)CC(=O)NCC1CC1. The summed E-state index contributed by atoms with van der Waals surface area (Å²) >= 11 is 0. The minimum Gasteiger partial charge on any atom is -0.355 e. The first kappa shape index (κ1) is 12.5. The second kappa shape index (κ2) is 6.80. The maximum atomic E-state index is 11.4. The third kappa shape index (κ3) is 6.47. The average molecular weight is 213 g/mol. The Morgan fingerprint density at radius 2 is 2.20 bits per heavy atom. The predicted octanol–water partition coefficient (Wildman–Crippen LogP) is 0.0539. The molecule has 2 N–H and O–H groups in total. The Morgan fingerprint density at radius 1 is 1.47 bits per heavy atom. The van der Waals surface area contributed by atoms with E-state index in [0.29, 0.717) is 6.54 Å². The van der Waals surface area contributed by atoms with Crippen LogP contribution in [0.5, 0.6) is 0 Å². The molecule has 0 radical (unpaired) electrons. The number of nitrogens with zero attached hydrogens (tertiary/aromatic N) is 1. The molecule has 0 heterocycles. The molecule has 0 aliphatic heterocycles. The van der Waals surface area contributed by atoms with Gasteiger partial charge in [-0.3, -0.25) is 9.69 Å². The fraction of sp³-hybridized carbons (Fsp3) is 0.909. The first-order chi connectivity index (χ1) is 7.22. The summed E-state index contributed by atoms with van der Waals surface area (Å²) in [6.07, 6.45) is 3.67. The van der Waals surface area contributed by atoms with Crippen LogP contribution in [-0.2, 0) is 4.79 Å². The maximum absolute atomic E-state index is 11.4. The van der Waals surface area contributed by atoms with Crippen molar-refractivity contribution in [3.8, 4) is 0 Å². The average Bonchev–Trinajstić information content (AvgIpc) is 2.98. The molecule has 15 heavy (non-hydrogen) atoms. The summed E-state index contributed by atoms with van der Waals surface area (Å²) < 4.78 is 0. The number of hydrogen-bond acceptors (Lipinski definition) is 3. The molecule has 0 aromatic carbocycles. The number of nitrogens with one attached hydrogen (secondary N) is 2. The lowest BCUT2D eigenvalue weighted by Gasteiger charge is -2.15. The summed E-state index contributed by atoms with van der Waals surface area (Å²) in [5.74, 6) is 0.928. The molecule has 0 saturated heterocycles. The van der Waals surface area contributed by atoms with Crippen molar-refractivity contribution in [1.82, 2.24) is 15.5 Å². The standard InChI is InChI=1S/C11H23N3O/c1-12-6-3-7-14(2)9-11(15)13-8-10-4-5-10/h10,12H,3-9H2,1-2H3,(H,13,15). The monoisotopic (exact) mass is 213 g/mol. The van der Waals surface area contributed by atoms with Gasteiger partial charge in [0.05, 0.1) is 6.54 Å². The summed E-state index contributed by atoms with van der Waals surface area (Å²) in [4.78, 5) is 13.5. The lowest BCUT2D eigenvalue weighted by Crippen LogP contribution is -2.36. The second-order valence-electron chi connectivity index (χ2n) is 4.44. The van der Waals surface area contributed by atoms with Crippen molar-refractivity contribution in [2.45, 2.75) is 19.3 Å². The van der Waals surface area contributed by atoms with Gasteiger partial charge in [0.15, 0.2) is 0 Å². The van der Waals surface area contributed by atoms with Crippen LogP contribution in [0.1, 0.15) is 19.3 Å². The third-order valence-electron chi connectivity index (χ3n) is 2.66. The third-order valence-corrected chi connectivity index (χ3v) is 2.66. The zero-order chi connectivity index (χ0) is 11.1. The topological polar surface area (TPSA) is 44.4 Å². The number of amides is 1. The fourth-order valence-electron chi connectivity index (χ4n) is 1.49. The Morgan fingerprint density at radius 3 is 2.80 bits per heavy atom. The summed E-state index contributed by atoms with van der Waals surface area (Å²) in [5, 5.41) is 6.07. The highest BCUT2D eigenvalue weighted by atomic mass is 16.2. The van der Waals surface area contributed by atoms with E-state index < -0.39 is 0 Å². The molecule has 1 aliphatic rings. The van der Waals surface area contributed by atoms with Crippen molar-refractivity contribution in [1.29, 1.82) is 0 Å². The van der Waals surface area contributed by atoms with E-state index in [9.17, 15) is 4.79 Å². The van der Waals surface area contributed by atoms with E-state index in [1.807, 2.05) is 14.1 Å². The van der Waals surface area contributed by atoms with Gasteiger partial charge in [0, 0.05) is 6.54 Å². The molecule has 0 aromatic heterocycles. The van der Waals surface area contributed by atoms with Gasteiger partial charge in [-0.15, -0.1) is 0 Å². The van der Waals surface area contributed by atoms with Gasteiger partial charge in [-0.1, -0.05) is 0 Å². The van der Waals surface area contributed by atoms with Gasteiger partial charge in [0.25, 0.3) is 0 Å². The Hall–Kier alpha value is -0.610. The molecular weight excluding hydrogens is 190 g/mol. The molecule has 1 aliphatic carbocycles. The van der Waals surface area contributed by atoms with E-state index in [2.05, 4.69) is 15.5 Å². The molecule has 1 fully saturated rings. The van der Waals surface area contributed by atoms with Crippen LogP contribution < -0.4 is 10.6 Å². The smallest absolute Gasteiger partial charge is 0.234 e.